The quantitative estimate of drug-likeness (QED) is 0.195. The van der Waals surface area contributed by atoms with Crippen LogP contribution in [0.15, 0.2) is 168 Å². The SMILES string of the molecule is c1ccc2cc(-c3ccc4c(c3)oc3ccc(-c5nc(-c6ccc7ccccc7c6)nc(-c6ccc7ccccc7c6)n5)cc34)ccc2c1. The second kappa shape index (κ2) is 11.0. The van der Waals surface area contributed by atoms with Crippen LogP contribution in [0.2, 0.25) is 0 Å². The second-order valence-electron chi connectivity index (χ2n) is 12.5. The Bertz CT molecular complexity index is 2810. The summed E-state index contributed by atoms with van der Waals surface area (Å²) in [6.45, 7) is 0. The van der Waals surface area contributed by atoms with Crippen molar-refractivity contribution in [2.75, 3.05) is 0 Å². The molecular weight excluding hydrogens is 599 g/mol. The Morgan fingerprint density at radius 1 is 0.286 bits per heavy atom. The third-order valence-corrected chi connectivity index (χ3v) is 9.46. The van der Waals surface area contributed by atoms with Gasteiger partial charge in [-0.05, 0) is 92.0 Å². The number of nitrogens with zero attached hydrogens (tertiary/aromatic N) is 3. The van der Waals surface area contributed by atoms with Crippen LogP contribution in [0.3, 0.4) is 0 Å². The Balaban J connectivity index is 1.11. The van der Waals surface area contributed by atoms with Crippen LogP contribution in [0.25, 0.3) is 99.5 Å². The fourth-order valence-electron chi connectivity index (χ4n) is 6.88. The van der Waals surface area contributed by atoms with Crippen LogP contribution in [-0.2, 0) is 0 Å². The predicted octanol–water partition coefficient (Wildman–Crippen LogP) is 11.9. The number of benzene rings is 8. The molecule has 4 nitrogen and oxygen atoms in total. The van der Waals surface area contributed by atoms with Gasteiger partial charge in [-0.2, -0.15) is 0 Å². The molecule has 0 saturated carbocycles. The van der Waals surface area contributed by atoms with E-state index in [1.165, 1.54) is 21.5 Å². The maximum atomic E-state index is 6.41. The van der Waals surface area contributed by atoms with Crippen molar-refractivity contribution < 1.29 is 4.42 Å². The summed E-state index contributed by atoms with van der Waals surface area (Å²) in [5, 5.41) is 9.17. The van der Waals surface area contributed by atoms with Gasteiger partial charge in [0.1, 0.15) is 11.2 Å². The minimum atomic E-state index is 0.616. The van der Waals surface area contributed by atoms with Crippen molar-refractivity contribution in [2.24, 2.45) is 0 Å². The largest absolute Gasteiger partial charge is 0.456 e. The molecule has 0 radical (unpaired) electrons. The number of rotatable bonds is 4. The maximum absolute atomic E-state index is 6.41. The van der Waals surface area contributed by atoms with Crippen molar-refractivity contribution in [2.45, 2.75) is 0 Å². The highest BCUT2D eigenvalue weighted by Gasteiger charge is 2.16. The molecular formula is C45H27N3O. The van der Waals surface area contributed by atoms with Gasteiger partial charge in [-0.25, -0.2) is 15.0 Å². The van der Waals surface area contributed by atoms with Crippen molar-refractivity contribution in [3.05, 3.63) is 164 Å². The molecule has 49 heavy (non-hydrogen) atoms. The van der Waals surface area contributed by atoms with Gasteiger partial charge in [0.2, 0.25) is 0 Å². The Morgan fingerprint density at radius 2 is 0.694 bits per heavy atom. The molecule has 0 amide bonds. The molecule has 0 aliphatic rings. The molecule has 10 rings (SSSR count). The molecule has 228 valence electrons. The van der Waals surface area contributed by atoms with Gasteiger partial charge in [-0.15, -0.1) is 0 Å². The monoisotopic (exact) mass is 625 g/mol. The van der Waals surface area contributed by atoms with Crippen LogP contribution in [0.1, 0.15) is 0 Å². The highest BCUT2D eigenvalue weighted by molar-refractivity contribution is 6.07. The van der Waals surface area contributed by atoms with E-state index in [-0.39, 0.29) is 0 Å². The van der Waals surface area contributed by atoms with Gasteiger partial charge in [0, 0.05) is 27.5 Å². The minimum absolute atomic E-state index is 0.616. The van der Waals surface area contributed by atoms with Gasteiger partial charge in [0.05, 0.1) is 0 Å². The van der Waals surface area contributed by atoms with Gasteiger partial charge in [-0.3, -0.25) is 0 Å². The zero-order chi connectivity index (χ0) is 32.3. The third kappa shape index (κ3) is 4.81. The van der Waals surface area contributed by atoms with E-state index < -0.39 is 0 Å². The first kappa shape index (κ1) is 27.5. The summed E-state index contributed by atoms with van der Waals surface area (Å²) in [5.74, 6) is 1.89. The molecule has 0 saturated heterocycles. The van der Waals surface area contributed by atoms with Crippen LogP contribution in [-0.4, -0.2) is 15.0 Å². The van der Waals surface area contributed by atoms with E-state index in [4.69, 9.17) is 19.4 Å². The van der Waals surface area contributed by atoms with Crippen molar-refractivity contribution in [1.82, 2.24) is 15.0 Å². The summed E-state index contributed by atoms with van der Waals surface area (Å²) < 4.78 is 6.41. The van der Waals surface area contributed by atoms with Crippen molar-refractivity contribution >= 4 is 54.3 Å². The zero-order valence-electron chi connectivity index (χ0n) is 26.3. The molecule has 0 N–H and O–H groups in total. The van der Waals surface area contributed by atoms with E-state index in [0.29, 0.717) is 17.5 Å². The smallest absolute Gasteiger partial charge is 0.164 e. The van der Waals surface area contributed by atoms with Crippen LogP contribution in [0.5, 0.6) is 0 Å². The number of hydrogen-bond donors (Lipinski definition) is 0. The highest BCUT2D eigenvalue weighted by atomic mass is 16.3. The van der Waals surface area contributed by atoms with Crippen molar-refractivity contribution in [3.8, 4) is 45.3 Å². The molecule has 0 atom stereocenters. The zero-order valence-corrected chi connectivity index (χ0v) is 26.3. The average molecular weight is 626 g/mol. The van der Waals surface area contributed by atoms with Crippen LogP contribution >= 0.6 is 0 Å². The average Bonchev–Trinajstić information content (AvgIpc) is 3.54. The first-order valence-corrected chi connectivity index (χ1v) is 16.4. The lowest BCUT2D eigenvalue weighted by atomic mass is 10.00. The molecule has 2 heterocycles. The number of fused-ring (bicyclic) bond motifs is 6. The fourth-order valence-corrected chi connectivity index (χ4v) is 6.88. The van der Waals surface area contributed by atoms with E-state index in [0.717, 1.165) is 60.5 Å². The molecule has 10 aromatic rings. The molecule has 0 aliphatic carbocycles. The molecule has 0 bridgehead atoms. The summed E-state index contributed by atoms with van der Waals surface area (Å²) in [5.41, 5.74) is 6.75. The molecule has 4 heteroatoms. The summed E-state index contributed by atoms with van der Waals surface area (Å²) in [4.78, 5) is 15.2. The molecule has 0 fully saturated rings. The normalized spacial score (nSPS) is 11.7. The summed E-state index contributed by atoms with van der Waals surface area (Å²) >= 11 is 0. The highest BCUT2D eigenvalue weighted by Crippen LogP contribution is 2.36. The van der Waals surface area contributed by atoms with E-state index in [1.807, 2.05) is 12.1 Å². The summed E-state index contributed by atoms with van der Waals surface area (Å²) in [6.07, 6.45) is 0. The maximum Gasteiger partial charge on any atom is 0.164 e. The van der Waals surface area contributed by atoms with E-state index in [2.05, 4.69) is 152 Å². The van der Waals surface area contributed by atoms with Crippen LogP contribution in [0, 0.1) is 0 Å². The lowest BCUT2D eigenvalue weighted by molar-refractivity contribution is 0.669. The number of aromatic nitrogens is 3. The number of hydrogen-bond acceptors (Lipinski definition) is 4. The van der Waals surface area contributed by atoms with E-state index in [9.17, 15) is 0 Å². The number of furan rings is 1. The van der Waals surface area contributed by atoms with Gasteiger partial charge in [-0.1, -0.05) is 115 Å². The van der Waals surface area contributed by atoms with Crippen molar-refractivity contribution in [3.63, 3.8) is 0 Å². The van der Waals surface area contributed by atoms with Gasteiger partial charge < -0.3 is 4.42 Å². The molecule has 0 spiro atoms. The Hall–Kier alpha value is -6.65. The standard InChI is InChI=1S/C45H27N3O/c1-4-10-31-23-34(16-13-28(31)7-1)35-19-21-39-40-26-38(20-22-41(40)49-42(39)27-35)45-47-43(36-17-14-29-8-2-5-11-32(29)24-36)46-44(48-45)37-18-15-30-9-3-6-12-33(30)25-37/h1-27H. The molecule has 0 aliphatic heterocycles. The minimum Gasteiger partial charge on any atom is -0.456 e. The van der Waals surface area contributed by atoms with Crippen LogP contribution in [0.4, 0.5) is 0 Å². The van der Waals surface area contributed by atoms with Crippen molar-refractivity contribution in [1.29, 1.82) is 0 Å². The first-order chi connectivity index (χ1) is 24.2. The molecule has 0 unspecified atom stereocenters. The lowest BCUT2D eigenvalue weighted by Gasteiger charge is -2.10. The Kier molecular flexibility index (Phi) is 6.15. The first-order valence-electron chi connectivity index (χ1n) is 16.4. The summed E-state index contributed by atoms with van der Waals surface area (Å²) in [6, 6.07) is 57.1. The molecule has 2 aromatic heterocycles. The third-order valence-electron chi connectivity index (χ3n) is 9.46. The molecule has 8 aromatic carbocycles. The second-order valence-corrected chi connectivity index (χ2v) is 12.5. The van der Waals surface area contributed by atoms with Gasteiger partial charge in [0.25, 0.3) is 0 Å². The predicted molar refractivity (Wildman–Crippen MR) is 201 cm³/mol. The lowest BCUT2D eigenvalue weighted by Crippen LogP contribution is -2.00. The Labute approximate surface area is 282 Å². The van der Waals surface area contributed by atoms with E-state index >= 15 is 0 Å². The van der Waals surface area contributed by atoms with Crippen LogP contribution < -0.4 is 0 Å². The van der Waals surface area contributed by atoms with Gasteiger partial charge in [0.15, 0.2) is 17.5 Å². The van der Waals surface area contributed by atoms with Gasteiger partial charge >= 0.3 is 0 Å². The fraction of sp³-hybridized carbons (Fsp3) is 0. The topological polar surface area (TPSA) is 51.8 Å². The van der Waals surface area contributed by atoms with E-state index in [1.54, 1.807) is 0 Å². The Morgan fingerprint density at radius 3 is 1.24 bits per heavy atom. The summed E-state index contributed by atoms with van der Waals surface area (Å²) in [7, 11) is 0.